The lowest BCUT2D eigenvalue weighted by Gasteiger charge is -2.41. The van der Waals surface area contributed by atoms with Crippen LogP contribution >= 0.6 is 22.1 Å². The Kier molecular flexibility index (Phi) is 10.9. The van der Waals surface area contributed by atoms with E-state index in [1.165, 1.54) is 12.1 Å². The SMILES string of the molecule is O=C(c1ccccc1)c1ccccc1Sc1ccc(S(OS(=O)(=O)C(F)(F)C(F)(F)C(F)(F)C(F)(F)F)(c2ccc(F)cc2)c2ccc(F)cc2)cc1. The molecule has 0 aliphatic heterocycles. The molecule has 280 valence electrons. The van der Waals surface area contributed by atoms with E-state index in [2.05, 4.69) is 0 Å². The molecule has 0 aliphatic carbocycles. The molecule has 53 heavy (non-hydrogen) atoms. The van der Waals surface area contributed by atoms with Crippen LogP contribution < -0.4 is 0 Å². The topological polar surface area (TPSA) is 60.4 Å². The Balaban J connectivity index is 1.67. The Morgan fingerprint density at radius 1 is 0.547 bits per heavy atom. The van der Waals surface area contributed by atoms with Gasteiger partial charge in [-0.2, -0.15) is 47.9 Å². The zero-order valence-corrected chi connectivity index (χ0v) is 28.6. The van der Waals surface area contributed by atoms with Gasteiger partial charge in [0.25, 0.3) is 0 Å². The highest BCUT2D eigenvalue weighted by molar-refractivity contribution is 8.33. The Morgan fingerprint density at radius 2 is 0.981 bits per heavy atom. The van der Waals surface area contributed by atoms with Gasteiger partial charge in [-0.15, -0.1) is 0 Å². The van der Waals surface area contributed by atoms with Crippen LogP contribution in [0, 0.1) is 11.6 Å². The third-order valence-electron chi connectivity index (χ3n) is 7.46. The number of carbonyl (C=O) groups excluding carboxylic acids is 1. The molecular weight excluding hydrogens is 790 g/mol. The van der Waals surface area contributed by atoms with Gasteiger partial charge in [-0.1, -0.05) is 54.2 Å². The lowest BCUT2D eigenvalue weighted by Crippen LogP contribution is -2.63. The third kappa shape index (κ3) is 7.28. The first-order chi connectivity index (χ1) is 24.7. The lowest BCUT2D eigenvalue weighted by atomic mass is 10.0. The van der Waals surface area contributed by atoms with E-state index in [0.29, 0.717) is 39.6 Å². The van der Waals surface area contributed by atoms with Crippen molar-refractivity contribution in [1.29, 1.82) is 0 Å². The summed E-state index contributed by atoms with van der Waals surface area (Å²) < 4.78 is 185. The summed E-state index contributed by atoms with van der Waals surface area (Å²) in [5.74, 6) is -17.5. The summed E-state index contributed by atoms with van der Waals surface area (Å²) in [6, 6.07) is 24.9. The smallest absolute Gasteiger partial charge is 0.289 e. The second-order valence-electron chi connectivity index (χ2n) is 10.9. The molecule has 0 atom stereocenters. The van der Waals surface area contributed by atoms with E-state index in [9.17, 15) is 52.7 Å². The number of rotatable bonds is 12. The molecule has 0 saturated heterocycles. The van der Waals surface area contributed by atoms with Crippen molar-refractivity contribution in [3.05, 3.63) is 150 Å². The second-order valence-corrected chi connectivity index (χ2v) is 16.5. The van der Waals surface area contributed by atoms with Crippen LogP contribution in [0.5, 0.6) is 0 Å². The van der Waals surface area contributed by atoms with Crippen molar-refractivity contribution in [2.24, 2.45) is 0 Å². The maximum atomic E-state index is 15.2. The van der Waals surface area contributed by atoms with Crippen LogP contribution in [-0.4, -0.2) is 37.5 Å². The molecule has 0 N–H and O–H groups in total. The summed E-state index contributed by atoms with van der Waals surface area (Å²) in [7, 11) is -12.1. The largest absolute Gasteiger partial charge is 0.460 e. The predicted octanol–water partition coefficient (Wildman–Crippen LogP) is 11.3. The van der Waals surface area contributed by atoms with Crippen LogP contribution in [0.25, 0.3) is 0 Å². The minimum absolute atomic E-state index is 0.263. The highest BCUT2D eigenvalue weighted by Gasteiger charge is 2.86. The molecule has 0 fully saturated rings. The molecule has 0 aliphatic rings. The normalized spacial score (nSPS) is 13.5. The van der Waals surface area contributed by atoms with E-state index < -0.39 is 70.0 Å². The monoisotopic (exact) mass is 810 g/mol. The Morgan fingerprint density at radius 3 is 1.45 bits per heavy atom. The molecule has 4 nitrogen and oxygen atoms in total. The highest BCUT2D eigenvalue weighted by Crippen LogP contribution is 2.71. The summed E-state index contributed by atoms with van der Waals surface area (Å²) in [4.78, 5) is 12.4. The number of hydrogen-bond donors (Lipinski definition) is 0. The molecule has 18 heteroatoms. The lowest BCUT2D eigenvalue weighted by molar-refractivity contribution is -0.382. The first-order valence-corrected chi connectivity index (χ1v) is 18.4. The van der Waals surface area contributed by atoms with Gasteiger partial charge in [0.2, 0.25) is 0 Å². The van der Waals surface area contributed by atoms with Crippen LogP contribution in [0.15, 0.2) is 152 Å². The van der Waals surface area contributed by atoms with E-state index in [0.717, 1.165) is 48.2 Å². The molecule has 0 heterocycles. The first kappa shape index (κ1) is 39.8. The van der Waals surface area contributed by atoms with Crippen LogP contribution in [0.2, 0.25) is 0 Å². The van der Waals surface area contributed by atoms with E-state index in [1.807, 2.05) is 0 Å². The summed E-state index contributed by atoms with van der Waals surface area (Å²) in [5.41, 5.74) is 0.621. The minimum atomic E-state index is -7.63. The fourth-order valence-corrected chi connectivity index (χ4v) is 10.9. The van der Waals surface area contributed by atoms with E-state index in [-0.39, 0.29) is 11.3 Å². The molecule has 0 saturated carbocycles. The number of alkyl halides is 9. The fraction of sp³-hybridized carbons (Fsp3) is 0.114. The third-order valence-corrected chi connectivity index (χ3v) is 13.8. The molecule has 5 rings (SSSR count). The molecule has 0 amide bonds. The number of carbonyl (C=O) groups is 1. The molecule has 0 radical (unpaired) electrons. The zero-order chi connectivity index (χ0) is 39.0. The average molecular weight is 811 g/mol. The molecule has 0 unspecified atom stereocenters. The van der Waals surface area contributed by atoms with Crippen molar-refractivity contribution in [3.8, 4) is 0 Å². The quantitative estimate of drug-likeness (QED) is 0.0928. The molecule has 0 bridgehead atoms. The minimum Gasteiger partial charge on any atom is -0.289 e. The van der Waals surface area contributed by atoms with Gasteiger partial charge in [0.15, 0.2) is 5.78 Å². The zero-order valence-electron chi connectivity index (χ0n) is 26.1. The van der Waals surface area contributed by atoms with Gasteiger partial charge >= 0.3 is 33.4 Å². The van der Waals surface area contributed by atoms with E-state index in [1.54, 1.807) is 54.6 Å². The molecule has 5 aromatic rings. The van der Waals surface area contributed by atoms with Crippen molar-refractivity contribution in [1.82, 2.24) is 0 Å². The van der Waals surface area contributed by atoms with Crippen molar-refractivity contribution in [2.45, 2.75) is 47.8 Å². The number of halogens is 11. The van der Waals surface area contributed by atoms with Gasteiger partial charge in [-0.05, 0) is 95.2 Å². The summed E-state index contributed by atoms with van der Waals surface area (Å²) in [6.45, 7) is 0. The Labute approximate surface area is 300 Å². The standard InChI is InChI=1S/C35H21F11O4S3/c36-23-10-16-26(17-11-23)52(27-18-12-24(37)13-19-27,50-53(48,49)35(45,46)33(40,41)32(38,39)34(42,43)44)28-20-14-25(15-21-28)51-30-9-5-4-8-29(30)31(47)22-6-2-1-3-7-22/h1-21H. The number of ketones is 1. The summed E-state index contributed by atoms with van der Waals surface area (Å²) in [5, 5.41) is -7.25. The molecule has 5 aromatic carbocycles. The summed E-state index contributed by atoms with van der Waals surface area (Å²) in [6.07, 6.45) is -7.34. The molecule has 0 aromatic heterocycles. The average Bonchev–Trinajstić information content (AvgIpc) is 3.11. The first-order valence-electron chi connectivity index (χ1n) is 14.6. The van der Waals surface area contributed by atoms with Crippen molar-refractivity contribution >= 4 is 38.0 Å². The van der Waals surface area contributed by atoms with Gasteiger partial charge in [0.05, 0.1) is 0 Å². The maximum absolute atomic E-state index is 15.2. The maximum Gasteiger partial charge on any atom is 0.460 e. The van der Waals surface area contributed by atoms with E-state index in [4.69, 9.17) is 3.63 Å². The van der Waals surface area contributed by atoms with Gasteiger partial charge in [-0.3, -0.25) is 4.79 Å². The second kappa shape index (κ2) is 14.4. The van der Waals surface area contributed by atoms with Crippen LogP contribution in [0.4, 0.5) is 48.3 Å². The Bertz CT molecular complexity index is 2150. The Hall–Kier alpha value is -4.39. The van der Waals surface area contributed by atoms with Crippen molar-refractivity contribution in [3.63, 3.8) is 0 Å². The highest BCUT2D eigenvalue weighted by atomic mass is 32.3. The number of hydrogen-bond acceptors (Lipinski definition) is 5. The predicted molar refractivity (Wildman–Crippen MR) is 173 cm³/mol. The van der Waals surface area contributed by atoms with E-state index >= 15 is 8.78 Å². The van der Waals surface area contributed by atoms with Gasteiger partial charge in [-0.25, -0.2) is 12.4 Å². The molecule has 0 spiro atoms. The van der Waals surface area contributed by atoms with Crippen molar-refractivity contribution < 1.29 is 65.1 Å². The van der Waals surface area contributed by atoms with Crippen molar-refractivity contribution in [2.75, 3.05) is 0 Å². The molecular formula is C35H21F11O4S3. The number of benzene rings is 5. The van der Waals surface area contributed by atoms with Gasteiger partial charge in [0, 0.05) is 35.6 Å². The summed E-state index contributed by atoms with van der Waals surface area (Å²) >= 11 is 0.999. The van der Waals surface area contributed by atoms with Crippen LogP contribution in [0.1, 0.15) is 15.9 Å². The van der Waals surface area contributed by atoms with Crippen LogP contribution in [-0.2, 0) is 13.7 Å². The van der Waals surface area contributed by atoms with Crippen LogP contribution in [0.3, 0.4) is 0 Å². The van der Waals surface area contributed by atoms with Gasteiger partial charge < -0.3 is 0 Å². The fourth-order valence-electron chi connectivity index (χ4n) is 4.79. The van der Waals surface area contributed by atoms with Gasteiger partial charge in [0.1, 0.15) is 11.6 Å².